The Morgan fingerprint density at radius 1 is 1.13 bits per heavy atom. The van der Waals surface area contributed by atoms with E-state index in [2.05, 4.69) is 20.1 Å². The van der Waals surface area contributed by atoms with E-state index >= 15 is 0 Å². The molecule has 2 aromatic rings. The molecule has 0 aliphatic carbocycles. The van der Waals surface area contributed by atoms with Gasteiger partial charge in [-0.3, -0.25) is 9.59 Å². The first-order valence-electron chi connectivity index (χ1n) is 10.7. The maximum Gasteiger partial charge on any atom is 0.272 e. The molecule has 0 saturated carbocycles. The van der Waals surface area contributed by atoms with E-state index in [1.54, 1.807) is 7.05 Å². The van der Waals surface area contributed by atoms with Crippen molar-refractivity contribution in [1.82, 2.24) is 25.1 Å². The number of amides is 2. The Hall–Kier alpha value is -2.93. The number of imidazole rings is 1. The summed E-state index contributed by atoms with van der Waals surface area (Å²) in [5.74, 6) is 0.223. The number of benzene rings is 1. The molecule has 0 unspecified atom stereocenters. The van der Waals surface area contributed by atoms with Crippen LogP contribution < -0.4 is 10.6 Å². The quantitative estimate of drug-likeness (QED) is 0.775. The lowest BCUT2D eigenvalue weighted by atomic mass is 9.86. The van der Waals surface area contributed by atoms with Crippen molar-refractivity contribution in [2.75, 3.05) is 20.6 Å². The molecule has 7 nitrogen and oxygen atoms in total. The zero-order valence-corrected chi connectivity index (χ0v) is 19.1. The predicted octanol–water partition coefficient (Wildman–Crippen LogP) is 2.78. The number of carbonyl (C=O) groups is 2. The molecule has 2 amide bonds. The van der Waals surface area contributed by atoms with Gasteiger partial charge in [-0.25, -0.2) is 4.98 Å². The number of aromatic nitrogens is 2. The lowest BCUT2D eigenvalue weighted by Gasteiger charge is -2.29. The zero-order valence-electron chi connectivity index (χ0n) is 19.1. The number of fused-ring (bicyclic) bond motifs is 1. The molecular weight excluding hydrogens is 390 g/mol. The predicted molar refractivity (Wildman–Crippen MR) is 123 cm³/mol. The van der Waals surface area contributed by atoms with Gasteiger partial charge in [0.2, 0.25) is 5.91 Å². The monoisotopic (exact) mass is 423 g/mol. The minimum atomic E-state index is -0.658. The number of nitrogens with zero attached hydrogens (tertiary/aromatic N) is 3. The minimum absolute atomic E-state index is 0.215. The van der Waals surface area contributed by atoms with Crippen molar-refractivity contribution < 1.29 is 9.59 Å². The maximum atomic E-state index is 13.3. The summed E-state index contributed by atoms with van der Waals surface area (Å²) in [6.07, 6.45) is 4.95. The highest BCUT2D eigenvalue weighted by Gasteiger charge is 2.34. The zero-order chi connectivity index (χ0) is 22.6. The van der Waals surface area contributed by atoms with Crippen molar-refractivity contribution in [2.45, 2.75) is 46.3 Å². The highest BCUT2D eigenvalue weighted by molar-refractivity contribution is 5.97. The summed E-state index contributed by atoms with van der Waals surface area (Å²) in [4.78, 5) is 32.6. The molecule has 7 heteroatoms. The summed E-state index contributed by atoms with van der Waals surface area (Å²) in [6, 6.07) is 9.36. The summed E-state index contributed by atoms with van der Waals surface area (Å²) in [7, 11) is 3.63. The normalized spacial score (nSPS) is 15.9. The van der Waals surface area contributed by atoms with Gasteiger partial charge in [0.25, 0.3) is 5.91 Å². The van der Waals surface area contributed by atoms with Crippen LogP contribution in [0.1, 0.15) is 54.8 Å². The lowest BCUT2D eigenvalue weighted by molar-refractivity contribution is -0.124. The van der Waals surface area contributed by atoms with Gasteiger partial charge in [-0.15, -0.1) is 0 Å². The summed E-state index contributed by atoms with van der Waals surface area (Å²) in [5, 5.41) is 5.58. The van der Waals surface area contributed by atoms with Crippen LogP contribution in [-0.4, -0.2) is 52.9 Å². The van der Waals surface area contributed by atoms with Crippen molar-refractivity contribution in [3.63, 3.8) is 0 Å². The first-order chi connectivity index (χ1) is 14.7. The second-order valence-electron chi connectivity index (χ2n) is 9.14. The average molecular weight is 424 g/mol. The van der Waals surface area contributed by atoms with Gasteiger partial charge < -0.3 is 20.1 Å². The molecule has 1 aromatic heterocycles. The van der Waals surface area contributed by atoms with Crippen LogP contribution in [0, 0.1) is 5.41 Å². The second-order valence-corrected chi connectivity index (χ2v) is 9.14. The average Bonchev–Trinajstić information content (AvgIpc) is 2.94. The molecule has 0 spiro atoms. The van der Waals surface area contributed by atoms with Crippen molar-refractivity contribution >= 4 is 24.0 Å². The number of carbonyl (C=O) groups excluding carboxylic acids is 2. The van der Waals surface area contributed by atoms with Gasteiger partial charge in [-0.1, -0.05) is 57.2 Å². The third-order valence-electron chi connectivity index (χ3n) is 5.53. The van der Waals surface area contributed by atoms with Gasteiger partial charge in [0.15, 0.2) is 5.69 Å². The van der Waals surface area contributed by atoms with Crippen molar-refractivity contribution in [1.29, 1.82) is 0 Å². The van der Waals surface area contributed by atoms with E-state index in [4.69, 9.17) is 4.98 Å². The molecule has 1 atom stereocenters. The second kappa shape index (κ2) is 9.47. The number of hydrogen-bond donors (Lipinski definition) is 2. The number of likely N-dealkylation sites (N-methyl/N-ethyl adjacent to an activating group) is 1. The van der Waals surface area contributed by atoms with Crippen LogP contribution in [0.25, 0.3) is 12.2 Å². The lowest BCUT2D eigenvalue weighted by Crippen LogP contribution is -2.53. The Bertz CT molecular complexity index is 956. The molecule has 0 saturated heterocycles. The third kappa shape index (κ3) is 5.41. The standard InChI is InChI=1S/C24H33N5O2/c1-24(2,3)21(23(31)25-4)27-22(30)20-18-16-28(5)14-9-15-29(18)19(26-20)13-12-17-10-7-6-8-11-17/h6-8,10-13,21H,9,14-16H2,1-5H3,(H,25,31)(H,27,30)/t21-/m1/s1. The molecule has 0 bridgehead atoms. The molecule has 2 N–H and O–H groups in total. The number of rotatable bonds is 5. The smallest absolute Gasteiger partial charge is 0.272 e. The Balaban J connectivity index is 1.97. The number of nitrogens with one attached hydrogen (secondary N) is 2. The van der Waals surface area contributed by atoms with Gasteiger partial charge in [-0.05, 0) is 37.1 Å². The van der Waals surface area contributed by atoms with E-state index in [1.807, 2.05) is 70.3 Å². The molecule has 2 heterocycles. The van der Waals surface area contributed by atoms with Gasteiger partial charge in [0, 0.05) is 20.1 Å². The highest BCUT2D eigenvalue weighted by atomic mass is 16.2. The van der Waals surface area contributed by atoms with Crippen LogP contribution in [0.4, 0.5) is 0 Å². The van der Waals surface area contributed by atoms with Crippen LogP contribution in [0.15, 0.2) is 30.3 Å². The first kappa shape index (κ1) is 22.7. The van der Waals surface area contributed by atoms with E-state index in [0.29, 0.717) is 12.2 Å². The van der Waals surface area contributed by atoms with Crippen LogP contribution >= 0.6 is 0 Å². The molecule has 1 aliphatic heterocycles. The minimum Gasteiger partial charge on any atom is -0.357 e. The van der Waals surface area contributed by atoms with E-state index in [0.717, 1.165) is 36.6 Å². The van der Waals surface area contributed by atoms with Crippen molar-refractivity contribution in [3.8, 4) is 0 Å². The van der Waals surface area contributed by atoms with Gasteiger partial charge in [0.05, 0.1) is 5.69 Å². The summed E-state index contributed by atoms with van der Waals surface area (Å²) < 4.78 is 2.13. The molecule has 1 aliphatic rings. The molecular formula is C24H33N5O2. The van der Waals surface area contributed by atoms with Gasteiger partial charge >= 0.3 is 0 Å². The van der Waals surface area contributed by atoms with Gasteiger partial charge in [-0.2, -0.15) is 0 Å². The molecule has 166 valence electrons. The Morgan fingerprint density at radius 3 is 2.48 bits per heavy atom. The molecule has 31 heavy (non-hydrogen) atoms. The molecule has 0 radical (unpaired) electrons. The summed E-state index contributed by atoms with van der Waals surface area (Å²) in [5.41, 5.74) is 1.91. The Morgan fingerprint density at radius 2 is 1.84 bits per heavy atom. The van der Waals surface area contributed by atoms with E-state index in [-0.39, 0.29) is 11.8 Å². The van der Waals surface area contributed by atoms with E-state index < -0.39 is 11.5 Å². The highest BCUT2D eigenvalue weighted by Crippen LogP contribution is 2.23. The van der Waals surface area contributed by atoms with E-state index in [1.165, 1.54) is 0 Å². The van der Waals surface area contributed by atoms with Crippen molar-refractivity contribution in [3.05, 3.63) is 53.1 Å². The Kier molecular flexibility index (Phi) is 6.95. The largest absolute Gasteiger partial charge is 0.357 e. The summed E-state index contributed by atoms with van der Waals surface area (Å²) >= 11 is 0. The van der Waals surface area contributed by atoms with Crippen LogP contribution in [0.3, 0.4) is 0 Å². The molecule has 0 fully saturated rings. The summed E-state index contributed by atoms with van der Waals surface area (Å²) in [6.45, 7) is 8.18. The Labute approximate surface area is 184 Å². The topological polar surface area (TPSA) is 79.3 Å². The molecule has 3 rings (SSSR count). The SMILES string of the molecule is CNC(=O)[C@@H](NC(=O)c1nc(C=Cc2ccccc2)n2c1CN(C)CCC2)C(C)(C)C. The molecule has 1 aromatic carbocycles. The van der Waals surface area contributed by atoms with Gasteiger partial charge in [0.1, 0.15) is 11.9 Å². The van der Waals surface area contributed by atoms with Crippen LogP contribution in [0.5, 0.6) is 0 Å². The number of hydrogen-bond acceptors (Lipinski definition) is 4. The fraction of sp³-hybridized carbons (Fsp3) is 0.458. The van der Waals surface area contributed by atoms with Crippen LogP contribution in [-0.2, 0) is 17.9 Å². The van der Waals surface area contributed by atoms with Crippen LogP contribution in [0.2, 0.25) is 0 Å². The fourth-order valence-electron chi connectivity index (χ4n) is 3.81. The maximum absolute atomic E-state index is 13.3. The fourth-order valence-corrected chi connectivity index (χ4v) is 3.81. The van der Waals surface area contributed by atoms with E-state index in [9.17, 15) is 9.59 Å². The van der Waals surface area contributed by atoms with Crippen molar-refractivity contribution in [2.24, 2.45) is 5.41 Å². The third-order valence-corrected chi connectivity index (χ3v) is 5.53. The first-order valence-corrected chi connectivity index (χ1v) is 10.7.